The fourth-order valence-electron chi connectivity index (χ4n) is 8.20. The van der Waals surface area contributed by atoms with E-state index in [2.05, 4.69) is 5.32 Å². The lowest BCUT2D eigenvalue weighted by Gasteiger charge is -2.14. The van der Waals surface area contributed by atoms with Crippen LogP contribution in [-0.4, -0.2) is 44.0 Å². The number of nitro groups is 2. The van der Waals surface area contributed by atoms with Gasteiger partial charge < -0.3 is 11.1 Å². The zero-order valence-electron chi connectivity index (χ0n) is 33.5. The Balaban J connectivity index is 0.893. The number of benzene rings is 6. The maximum absolute atomic E-state index is 13.5. The van der Waals surface area contributed by atoms with Crippen molar-refractivity contribution in [1.82, 2.24) is 15.3 Å². The van der Waals surface area contributed by atoms with Crippen LogP contribution in [0.3, 0.4) is 0 Å². The topological polar surface area (TPSA) is 201 Å². The van der Waals surface area contributed by atoms with E-state index in [1.165, 1.54) is 12.1 Å². The van der Waals surface area contributed by atoms with E-state index in [1.54, 1.807) is 24.3 Å². The van der Waals surface area contributed by atoms with Crippen LogP contribution < -0.4 is 11.1 Å². The minimum absolute atomic E-state index is 0.103. The van der Waals surface area contributed by atoms with E-state index in [0.29, 0.717) is 24.0 Å². The molecule has 0 bridgehead atoms. The number of carbonyl (C=O) groups is 3. The van der Waals surface area contributed by atoms with Gasteiger partial charge in [-0.2, -0.15) is 0 Å². The number of hydrogen-bond donors (Lipinski definition) is 2. The highest BCUT2D eigenvalue weighted by Crippen LogP contribution is 2.33. The number of unbranched alkanes of at least 4 members (excludes halogenated alkanes) is 1. The summed E-state index contributed by atoms with van der Waals surface area (Å²) in [5.41, 5.74) is 11.3. The summed E-state index contributed by atoms with van der Waals surface area (Å²) < 4.78 is 0. The maximum Gasteiger partial charge on any atom is 0.273 e. The quantitative estimate of drug-likeness (QED) is 0.0313. The minimum atomic E-state index is -0.837. The van der Waals surface area contributed by atoms with Crippen molar-refractivity contribution in [3.8, 4) is 0 Å². The van der Waals surface area contributed by atoms with Crippen LogP contribution in [0.4, 0.5) is 11.4 Å². The normalized spacial score (nSPS) is 11.8. The molecule has 0 spiro atoms. The highest BCUT2D eigenvalue weighted by Gasteiger charge is 2.25. The van der Waals surface area contributed by atoms with Crippen LogP contribution in [0, 0.1) is 26.1 Å². The molecule has 2 amide bonds. The first-order valence-corrected chi connectivity index (χ1v) is 20.2. The van der Waals surface area contributed by atoms with E-state index in [4.69, 9.17) is 15.7 Å². The molecule has 13 heteroatoms. The Morgan fingerprint density at radius 1 is 0.581 bits per heavy atom. The molecule has 0 radical (unpaired) electrons. The van der Waals surface area contributed by atoms with E-state index in [0.717, 1.165) is 54.7 Å². The lowest BCUT2D eigenvalue weighted by molar-refractivity contribution is -0.385. The molecule has 3 N–H and O–H groups in total. The summed E-state index contributed by atoms with van der Waals surface area (Å²) >= 11 is 0. The summed E-state index contributed by atoms with van der Waals surface area (Å²) in [6.45, 7) is 0.207. The Morgan fingerprint density at radius 2 is 1.00 bits per heavy atom. The molecule has 0 aliphatic heterocycles. The number of Topliss-reactive ketones (excluding diaryl/α,β-unsaturated/α-hetero) is 1. The molecule has 8 rings (SSSR count). The van der Waals surface area contributed by atoms with Crippen LogP contribution in [0.15, 0.2) is 133 Å². The molecule has 62 heavy (non-hydrogen) atoms. The maximum atomic E-state index is 13.5. The van der Waals surface area contributed by atoms with Crippen molar-refractivity contribution < 1.29 is 24.2 Å². The molecule has 1 atom stereocenters. The van der Waals surface area contributed by atoms with Gasteiger partial charge in [0.05, 0.1) is 31.9 Å². The lowest BCUT2D eigenvalue weighted by atomic mass is 9.91. The van der Waals surface area contributed by atoms with Crippen LogP contribution in [0.1, 0.15) is 68.7 Å². The summed E-state index contributed by atoms with van der Waals surface area (Å²) in [6, 6.07) is 39.4. The molecule has 0 aliphatic carbocycles. The third-order valence-electron chi connectivity index (χ3n) is 11.4. The van der Waals surface area contributed by atoms with E-state index in [1.807, 2.05) is 97.1 Å². The number of rotatable bonds is 16. The van der Waals surface area contributed by atoms with Gasteiger partial charge in [-0.05, 0) is 54.3 Å². The second kappa shape index (κ2) is 17.7. The number of ketones is 1. The molecule has 2 heterocycles. The van der Waals surface area contributed by atoms with Gasteiger partial charge in [0, 0.05) is 87.7 Å². The Hall–Kier alpha value is -7.93. The molecule has 0 fully saturated rings. The molecular weight excluding hydrogens is 785 g/mol. The summed E-state index contributed by atoms with van der Waals surface area (Å²) in [7, 11) is 0. The molecule has 0 saturated heterocycles. The number of fused-ring (bicyclic) bond motifs is 4. The second-order valence-corrected chi connectivity index (χ2v) is 15.3. The fraction of sp³-hybridized carbons (Fsp3) is 0.163. The Morgan fingerprint density at radius 3 is 1.44 bits per heavy atom. The van der Waals surface area contributed by atoms with Gasteiger partial charge >= 0.3 is 0 Å². The number of pyridine rings is 2. The molecule has 308 valence electrons. The standard InChI is InChI=1S/C49H40N6O7/c50-48(57)33(29-47(56)32-22-20-30(45(27-32)54(59)60)25-39-35-12-1-5-16-41(35)52-42-17-6-2-13-36(39)42)11-9-10-24-51-49(58)34-23-21-31(46(28-34)55(61)62)26-40-37-14-3-7-18-43(37)53-44-19-8-4-15-38(40)44/h1-8,12-23,27-28,33H,9-11,24-26,29H2,(H2,50,57)(H,51,58). The largest absolute Gasteiger partial charge is 0.369 e. The molecule has 8 aromatic rings. The second-order valence-electron chi connectivity index (χ2n) is 15.3. The number of nitrogens with one attached hydrogen (secondary N) is 1. The van der Waals surface area contributed by atoms with Gasteiger partial charge in [0.25, 0.3) is 17.3 Å². The van der Waals surface area contributed by atoms with Crippen molar-refractivity contribution in [3.05, 3.63) is 187 Å². The number of nitro benzene ring substituents is 2. The minimum Gasteiger partial charge on any atom is -0.369 e. The predicted octanol–water partition coefficient (Wildman–Crippen LogP) is 9.36. The van der Waals surface area contributed by atoms with Gasteiger partial charge in [0.2, 0.25) is 5.91 Å². The SMILES string of the molecule is NC(=O)C(CCCCNC(=O)c1ccc(Cc2c3ccccc3nc3ccccc23)c([N+](=O)[O-])c1)CC(=O)c1ccc(Cc2c3ccccc3nc3ccccc23)c([N+](=O)[O-])c1. The zero-order valence-corrected chi connectivity index (χ0v) is 33.5. The van der Waals surface area contributed by atoms with Crippen LogP contribution in [0.2, 0.25) is 0 Å². The van der Waals surface area contributed by atoms with Crippen molar-refractivity contribution in [3.63, 3.8) is 0 Å². The smallest absolute Gasteiger partial charge is 0.273 e. The van der Waals surface area contributed by atoms with Crippen molar-refractivity contribution >= 4 is 72.6 Å². The van der Waals surface area contributed by atoms with E-state index < -0.39 is 33.4 Å². The number of carbonyl (C=O) groups excluding carboxylic acids is 3. The molecule has 0 saturated carbocycles. The van der Waals surface area contributed by atoms with Crippen LogP contribution in [0.5, 0.6) is 0 Å². The summed E-state index contributed by atoms with van der Waals surface area (Å²) in [5, 5.41) is 30.9. The van der Waals surface area contributed by atoms with Crippen LogP contribution in [0.25, 0.3) is 43.6 Å². The van der Waals surface area contributed by atoms with E-state index >= 15 is 0 Å². The third-order valence-corrected chi connectivity index (χ3v) is 11.4. The number of primary amides is 1. The van der Waals surface area contributed by atoms with Gasteiger partial charge in [-0.15, -0.1) is 0 Å². The fourth-order valence-corrected chi connectivity index (χ4v) is 8.20. The van der Waals surface area contributed by atoms with Gasteiger partial charge in [-0.1, -0.05) is 97.4 Å². The predicted molar refractivity (Wildman–Crippen MR) is 238 cm³/mol. The van der Waals surface area contributed by atoms with E-state index in [9.17, 15) is 34.6 Å². The Labute approximate surface area is 354 Å². The number of hydrogen-bond acceptors (Lipinski definition) is 9. The number of nitrogens with zero attached hydrogens (tertiary/aromatic N) is 4. The van der Waals surface area contributed by atoms with Crippen LogP contribution >= 0.6 is 0 Å². The van der Waals surface area contributed by atoms with Gasteiger partial charge in [0.1, 0.15) is 0 Å². The van der Waals surface area contributed by atoms with Gasteiger partial charge in [0.15, 0.2) is 5.78 Å². The zero-order chi connectivity index (χ0) is 43.3. The molecule has 2 aromatic heterocycles. The van der Waals surface area contributed by atoms with Gasteiger partial charge in [-0.3, -0.25) is 34.6 Å². The van der Waals surface area contributed by atoms with Crippen molar-refractivity contribution in [1.29, 1.82) is 0 Å². The molecule has 6 aromatic carbocycles. The summed E-state index contributed by atoms with van der Waals surface area (Å²) in [5.74, 6) is -2.45. The van der Waals surface area contributed by atoms with Crippen LogP contribution in [-0.2, 0) is 17.6 Å². The molecule has 1 unspecified atom stereocenters. The Kier molecular flexibility index (Phi) is 11.7. The molecule has 0 aliphatic rings. The van der Waals surface area contributed by atoms with Crippen molar-refractivity contribution in [2.45, 2.75) is 38.5 Å². The highest BCUT2D eigenvalue weighted by molar-refractivity contribution is 6.01. The lowest BCUT2D eigenvalue weighted by Crippen LogP contribution is -2.27. The third kappa shape index (κ3) is 8.54. The summed E-state index contributed by atoms with van der Waals surface area (Å²) in [6.07, 6.45) is 1.37. The average molecular weight is 825 g/mol. The number of para-hydroxylation sites is 4. The molecule has 13 nitrogen and oxygen atoms in total. The summed E-state index contributed by atoms with van der Waals surface area (Å²) in [4.78, 5) is 72.2. The monoisotopic (exact) mass is 824 g/mol. The number of nitrogens with two attached hydrogens (primary N) is 1. The molecular formula is C49H40N6O7. The number of amides is 2. The van der Waals surface area contributed by atoms with Crippen molar-refractivity contribution in [2.24, 2.45) is 11.7 Å². The van der Waals surface area contributed by atoms with Gasteiger partial charge in [-0.25, -0.2) is 9.97 Å². The van der Waals surface area contributed by atoms with Crippen molar-refractivity contribution in [2.75, 3.05) is 6.54 Å². The van der Waals surface area contributed by atoms with E-state index in [-0.39, 0.29) is 54.7 Å². The highest BCUT2D eigenvalue weighted by atomic mass is 16.6. The number of aromatic nitrogens is 2. The Bertz CT molecular complexity index is 2990. The first-order chi connectivity index (χ1) is 30.0. The first-order valence-electron chi connectivity index (χ1n) is 20.2. The first kappa shape index (κ1) is 40.8. The average Bonchev–Trinajstić information content (AvgIpc) is 3.28.